The SMILES string of the molecule is C=C1Oc2cc(CCc3ccc(O)cc3)cc(O)c2[C@@H]2C=C(C)CC[C@@H]12. The summed E-state index contributed by atoms with van der Waals surface area (Å²) < 4.78 is 6.01. The van der Waals surface area contributed by atoms with E-state index in [1.54, 1.807) is 12.1 Å². The molecule has 1 heterocycles. The summed E-state index contributed by atoms with van der Waals surface area (Å²) >= 11 is 0. The second-order valence-corrected chi connectivity index (χ2v) is 7.45. The predicted molar refractivity (Wildman–Crippen MR) is 103 cm³/mol. The highest BCUT2D eigenvalue weighted by molar-refractivity contribution is 5.55. The summed E-state index contributed by atoms with van der Waals surface area (Å²) in [6, 6.07) is 11.1. The molecule has 2 aromatic carbocycles. The van der Waals surface area contributed by atoms with Gasteiger partial charge < -0.3 is 14.9 Å². The van der Waals surface area contributed by atoms with E-state index in [1.807, 2.05) is 24.3 Å². The monoisotopic (exact) mass is 348 g/mol. The summed E-state index contributed by atoms with van der Waals surface area (Å²) in [5, 5.41) is 20.1. The molecule has 3 heteroatoms. The Kier molecular flexibility index (Phi) is 4.23. The van der Waals surface area contributed by atoms with Crippen LogP contribution in [0.25, 0.3) is 0 Å². The Hall–Kier alpha value is -2.68. The Morgan fingerprint density at radius 2 is 1.81 bits per heavy atom. The van der Waals surface area contributed by atoms with Crippen molar-refractivity contribution < 1.29 is 14.9 Å². The number of ether oxygens (including phenoxy) is 1. The molecule has 0 aromatic heterocycles. The van der Waals surface area contributed by atoms with Crippen LogP contribution in [0.3, 0.4) is 0 Å². The largest absolute Gasteiger partial charge is 0.508 e. The highest BCUT2D eigenvalue weighted by Gasteiger charge is 2.36. The summed E-state index contributed by atoms with van der Waals surface area (Å²) in [5.41, 5.74) is 4.45. The predicted octanol–water partition coefficient (Wildman–Crippen LogP) is 5.23. The van der Waals surface area contributed by atoms with Gasteiger partial charge in [-0.05, 0) is 68.0 Å². The average molecular weight is 348 g/mol. The van der Waals surface area contributed by atoms with Crippen molar-refractivity contribution in [2.75, 3.05) is 0 Å². The van der Waals surface area contributed by atoms with Gasteiger partial charge in [0, 0.05) is 17.4 Å². The summed E-state index contributed by atoms with van der Waals surface area (Å²) in [6.45, 7) is 6.28. The van der Waals surface area contributed by atoms with E-state index >= 15 is 0 Å². The lowest BCUT2D eigenvalue weighted by atomic mass is 9.74. The molecule has 0 saturated carbocycles. The number of aryl methyl sites for hydroxylation is 2. The smallest absolute Gasteiger partial charge is 0.134 e. The van der Waals surface area contributed by atoms with Crippen LogP contribution in [0.4, 0.5) is 0 Å². The van der Waals surface area contributed by atoms with Crippen LogP contribution in [-0.2, 0) is 12.8 Å². The van der Waals surface area contributed by atoms with Gasteiger partial charge in [-0.25, -0.2) is 0 Å². The van der Waals surface area contributed by atoms with Crippen LogP contribution in [0.1, 0.15) is 42.4 Å². The Balaban J connectivity index is 1.62. The molecule has 0 spiro atoms. The zero-order valence-corrected chi connectivity index (χ0v) is 15.0. The number of phenols is 2. The third-order valence-corrected chi connectivity index (χ3v) is 5.55. The molecule has 0 amide bonds. The summed E-state index contributed by atoms with van der Waals surface area (Å²) in [4.78, 5) is 0. The van der Waals surface area contributed by atoms with E-state index in [2.05, 4.69) is 19.6 Å². The van der Waals surface area contributed by atoms with Crippen molar-refractivity contribution in [1.29, 1.82) is 0 Å². The first-order chi connectivity index (χ1) is 12.5. The first kappa shape index (κ1) is 16.8. The minimum Gasteiger partial charge on any atom is -0.508 e. The van der Waals surface area contributed by atoms with E-state index in [0.717, 1.165) is 53.9 Å². The second kappa shape index (κ2) is 6.56. The molecule has 2 aliphatic rings. The molecule has 3 nitrogen and oxygen atoms in total. The van der Waals surface area contributed by atoms with Crippen LogP contribution in [0.15, 0.2) is 60.4 Å². The van der Waals surface area contributed by atoms with Gasteiger partial charge in [-0.15, -0.1) is 0 Å². The van der Waals surface area contributed by atoms with Crippen molar-refractivity contribution in [1.82, 2.24) is 0 Å². The van der Waals surface area contributed by atoms with E-state index in [1.165, 1.54) is 5.57 Å². The summed E-state index contributed by atoms with van der Waals surface area (Å²) in [7, 11) is 0. The number of aromatic hydroxyl groups is 2. The van der Waals surface area contributed by atoms with Gasteiger partial charge >= 0.3 is 0 Å². The molecule has 0 saturated heterocycles. The zero-order valence-electron chi connectivity index (χ0n) is 15.0. The third-order valence-electron chi connectivity index (χ3n) is 5.55. The fraction of sp³-hybridized carbons (Fsp3) is 0.304. The lowest BCUT2D eigenvalue weighted by Gasteiger charge is -2.37. The van der Waals surface area contributed by atoms with Crippen LogP contribution in [-0.4, -0.2) is 10.2 Å². The van der Waals surface area contributed by atoms with E-state index in [4.69, 9.17) is 4.74 Å². The number of fused-ring (bicyclic) bond motifs is 3. The van der Waals surface area contributed by atoms with Gasteiger partial charge in [-0.1, -0.05) is 30.4 Å². The average Bonchev–Trinajstić information content (AvgIpc) is 2.60. The minimum absolute atomic E-state index is 0.158. The van der Waals surface area contributed by atoms with Gasteiger partial charge in [-0.3, -0.25) is 0 Å². The molecule has 134 valence electrons. The highest BCUT2D eigenvalue weighted by atomic mass is 16.5. The molecule has 0 radical (unpaired) electrons. The summed E-state index contributed by atoms with van der Waals surface area (Å²) in [5.74, 6) is 2.55. The standard InChI is InChI=1S/C23H24O3/c1-14-3-10-19-15(2)26-22-13-17(12-21(25)23(22)20(19)11-14)5-4-16-6-8-18(24)9-7-16/h6-9,11-13,19-20,24-25H,2-5,10H2,1H3/t19-,20+/m0/s1. The molecule has 2 N–H and O–H groups in total. The molecule has 2 aromatic rings. The molecular weight excluding hydrogens is 324 g/mol. The number of rotatable bonds is 3. The van der Waals surface area contributed by atoms with Gasteiger partial charge in [0.2, 0.25) is 0 Å². The van der Waals surface area contributed by atoms with Crippen molar-refractivity contribution in [3.63, 3.8) is 0 Å². The molecule has 1 aliphatic heterocycles. The minimum atomic E-state index is 0.158. The maximum absolute atomic E-state index is 10.7. The van der Waals surface area contributed by atoms with E-state index in [0.29, 0.717) is 5.75 Å². The topological polar surface area (TPSA) is 49.7 Å². The Labute approximate surface area is 154 Å². The Morgan fingerprint density at radius 3 is 2.58 bits per heavy atom. The molecule has 0 bridgehead atoms. The summed E-state index contributed by atoms with van der Waals surface area (Å²) in [6.07, 6.45) is 5.98. The molecule has 1 aliphatic carbocycles. The van der Waals surface area contributed by atoms with Crippen molar-refractivity contribution in [2.45, 2.75) is 38.5 Å². The van der Waals surface area contributed by atoms with E-state index < -0.39 is 0 Å². The van der Waals surface area contributed by atoms with Crippen molar-refractivity contribution in [3.8, 4) is 17.2 Å². The molecule has 4 rings (SSSR count). The van der Waals surface area contributed by atoms with E-state index in [9.17, 15) is 10.2 Å². The number of allylic oxidation sites excluding steroid dienone is 3. The molecule has 0 unspecified atom stereocenters. The van der Waals surface area contributed by atoms with Crippen LogP contribution in [0, 0.1) is 5.92 Å². The zero-order chi connectivity index (χ0) is 18.3. The normalized spacial score (nSPS) is 21.4. The van der Waals surface area contributed by atoms with Gasteiger partial charge in [0.15, 0.2) is 0 Å². The van der Waals surface area contributed by atoms with Crippen molar-refractivity contribution in [2.24, 2.45) is 5.92 Å². The lowest BCUT2D eigenvalue weighted by Crippen LogP contribution is -2.25. The maximum atomic E-state index is 10.7. The highest BCUT2D eigenvalue weighted by Crippen LogP contribution is 2.51. The molecule has 0 fully saturated rings. The third kappa shape index (κ3) is 3.10. The Bertz CT molecular complexity index is 877. The maximum Gasteiger partial charge on any atom is 0.134 e. The van der Waals surface area contributed by atoms with Gasteiger partial charge in [-0.2, -0.15) is 0 Å². The second-order valence-electron chi connectivity index (χ2n) is 7.45. The molecule has 26 heavy (non-hydrogen) atoms. The lowest BCUT2D eigenvalue weighted by molar-refractivity contribution is 0.275. The van der Waals surface area contributed by atoms with Gasteiger partial charge in [0.05, 0.1) is 0 Å². The number of hydrogen-bond donors (Lipinski definition) is 2. The van der Waals surface area contributed by atoms with Crippen LogP contribution < -0.4 is 4.74 Å². The van der Waals surface area contributed by atoms with Crippen molar-refractivity contribution >= 4 is 0 Å². The fourth-order valence-corrected chi connectivity index (χ4v) is 4.11. The van der Waals surface area contributed by atoms with Crippen molar-refractivity contribution in [3.05, 3.63) is 77.1 Å². The number of phenolic OH excluding ortho intramolecular Hbond substituents is 2. The van der Waals surface area contributed by atoms with Crippen LogP contribution in [0.2, 0.25) is 0 Å². The molecular formula is C23H24O3. The van der Waals surface area contributed by atoms with Crippen LogP contribution in [0.5, 0.6) is 17.2 Å². The molecule has 2 atom stereocenters. The van der Waals surface area contributed by atoms with E-state index in [-0.39, 0.29) is 17.6 Å². The Morgan fingerprint density at radius 1 is 1.08 bits per heavy atom. The number of hydrogen-bond acceptors (Lipinski definition) is 3. The van der Waals surface area contributed by atoms with Gasteiger partial charge in [0.1, 0.15) is 23.0 Å². The van der Waals surface area contributed by atoms with Gasteiger partial charge in [0.25, 0.3) is 0 Å². The first-order valence-electron chi connectivity index (χ1n) is 9.19. The fourth-order valence-electron chi connectivity index (χ4n) is 4.11. The quantitative estimate of drug-likeness (QED) is 0.747. The van der Waals surface area contributed by atoms with Crippen LogP contribution >= 0.6 is 0 Å². The number of benzene rings is 2. The first-order valence-corrected chi connectivity index (χ1v) is 9.19.